The molecule has 2 aromatic carbocycles. The van der Waals surface area contributed by atoms with Crippen LogP contribution in [-0.4, -0.2) is 0 Å². The number of hydrogen-bond donors (Lipinski definition) is 0. The smallest absolute Gasteiger partial charge is 0.131 e. The van der Waals surface area contributed by atoms with Gasteiger partial charge in [0.2, 0.25) is 0 Å². The Balaban J connectivity index is 2.54. The zero-order valence-corrected chi connectivity index (χ0v) is 7.00. The molecule has 0 saturated heterocycles. The molecule has 2 rings (SSSR count). The normalized spacial score (nSPS) is 9.92. The first kappa shape index (κ1) is 7.99. The second-order valence-corrected chi connectivity index (χ2v) is 2.77. The van der Waals surface area contributed by atoms with Crippen LogP contribution in [0.2, 0.25) is 0 Å². The Morgan fingerprint density at radius 1 is 1.00 bits per heavy atom. The predicted molar refractivity (Wildman–Crippen MR) is 50.7 cm³/mol. The number of rotatable bonds is 1. The lowest BCUT2D eigenvalue weighted by molar-refractivity contribution is 0.631. The van der Waals surface area contributed by atoms with Crippen LogP contribution in [0.4, 0.5) is 4.39 Å². The Labute approximate surface area is 76.7 Å². The molecule has 0 heterocycles. The maximum atomic E-state index is 13.2. The van der Waals surface area contributed by atoms with Crippen LogP contribution in [0.5, 0.6) is 0 Å². The van der Waals surface area contributed by atoms with Gasteiger partial charge in [-0.15, -0.1) is 0 Å². The van der Waals surface area contributed by atoms with Crippen molar-refractivity contribution in [1.82, 2.24) is 0 Å². The molecule has 1 radical (unpaired) electrons. The topological polar surface area (TPSA) is 0 Å². The SMILES string of the molecule is Fc1c[c]ccc1-c1ccccc1. The summed E-state index contributed by atoms with van der Waals surface area (Å²) in [5.74, 6) is -0.228. The molecule has 0 saturated carbocycles. The first-order valence-electron chi connectivity index (χ1n) is 4.09. The fourth-order valence-electron chi connectivity index (χ4n) is 1.26. The van der Waals surface area contributed by atoms with E-state index in [4.69, 9.17) is 0 Å². The van der Waals surface area contributed by atoms with Crippen LogP contribution < -0.4 is 0 Å². The molecule has 2 aromatic rings. The molecule has 0 nitrogen and oxygen atoms in total. The van der Waals surface area contributed by atoms with Crippen molar-refractivity contribution in [3.8, 4) is 11.1 Å². The van der Waals surface area contributed by atoms with Crippen LogP contribution >= 0.6 is 0 Å². The average Bonchev–Trinajstić information content (AvgIpc) is 2.20. The van der Waals surface area contributed by atoms with Gasteiger partial charge in [-0.2, -0.15) is 0 Å². The Hall–Kier alpha value is -1.63. The van der Waals surface area contributed by atoms with Gasteiger partial charge in [0.05, 0.1) is 0 Å². The number of hydrogen-bond acceptors (Lipinski definition) is 0. The summed E-state index contributed by atoms with van der Waals surface area (Å²) < 4.78 is 13.2. The third kappa shape index (κ3) is 1.59. The largest absolute Gasteiger partial charge is 0.206 e. The van der Waals surface area contributed by atoms with Crippen LogP contribution in [0.1, 0.15) is 0 Å². The summed E-state index contributed by atoms with van der Waals surface area (Å²) in [4.78, 5) is 0. The van der Waals surface area contributed by atoms with Crippen molar-refractivity contribution in [2.24, 2.45) is 0 Å². The predicted octanol–water partition coefficient (Wildman–Crippen LogP) is 3.29. The molecule has 0 aliphatic rings. The van der Waals surface area contributed by atoms with Gasteiger partial charge >= 0.3 is 0 Å². The average molecular weight is 171 g/mol. The Kier molecular flexibility index (Phi) is 2.09. The highest BCUT2D eigenvalue weighted by Gasteiger charge is 2.01. The minimum atomic E-state index is -0.228. The zero-order valence-electron chi connectivity index (χ0n) is 7.00. The third-order valence-corrected chi connectivity index (χ3v) is 1.90. The molecular weight excluding hydrogens is 163 g/mol. The fourth-order valence-corrected chi connectivity index (χ4v) is 1.26. The van der Waals surface area contributed by atoms with E-state index in [2.05, 4.69) is 6.07 Å². The molecule has 0 spiro atoms. The van der Waals surface area contributed by atoms with Gasteiger partial charge in [-0.25, -0.2) is 4.39 Å². The molecule has 0 bridgehead atoms. The molecule has 13 heavy (non-hydrogen) atoms. The highest BCUT2D eigenvalue weighted by Crippen LogP contribution is 2.21. The van der Waals surface area contributed by atoms with E-state index in [0.717, 1.165) is 5.56 Å². The summed E-state index contributed by atoms with van der Waals surface area (Å²) in [5, 5.41) is 0. The summed E-state index contributed by atoms with van der Waals surface area (Å²) >= 11 is 0. The van der Waals surface area contributed by atoms with Crippen LogP contribution in [0.25, 0.3) is 11.1 Å². The standard InChI is InChI=1S/C12H8F/c13-12-9-5-4-8-11(12)10-6-2-1-3-7-10/h1-4,6-9H. The first-order chi connectivity index (χ1) is 6.38. The quantitative estimate of drug-likeness (QED) is 0.617. The fraction of sp³-hybridized carbons (Fsp3) is 0. The van der Waals surface area contributed by atoms with E-state index in [1.165, 1.54) is 6.07 Å². The van der Waals surface area contributed by atoms with Gasteiger partial charge in [0, 0.05) is 5.56 Å². The Morgan fingerprint density at radius 3 is 2.46 bits per heavy atom. The maximum absolute atomic E-state index is 13.2. The Bertz CT molecular complexity index is 393. The summed E-state index contributed by atoms with van der Waals surface area (Å²) in [7, 11) is 0. The minimum Gasteiger partial charge on any atom is -0.206 e. The molecule has 0 aliphatic carbocycles. The third-order valence-electron chi connectivity index (χ3n) is 1.90. The molecule has 0 N–H and O–H groups in total. The number of benzene rings is 2. The van der Waals surface area contributed by atoms with Gasteiger partial charge in [0.1, 0.15) is 5.82 Å². The molecule has 0 amide bonds. The van der Waals surface area contributed by atoms with Crippen LogP contribution in [0.3, 0.4) is 0 Å². The number of halogens is 1. The summed E-state index contributed by atoms with van der Waals surface area (Å²) in [6.45, 7) is 0. The van der Waals surface area contributed by atoms with Crippen molar-refractivity contribution >= 4 is 0 Å². The van der Waals surface area contributed by atoms with E-state index in [9.17, 15) is 4.39 Å². The van der Waals surface area contributed by atoms with E-state index < -0.39 is 0 Å². The van der Waals surface area contributed by atoms with E-state index in [1.54, 1.807) is 12.1 Å². The summed E-state index contributed by atoms with van der Waals surface area (Å²) in [6.07, 6.45) is 0. The van der Waals surface area contributed by atoms with Gasteiger partial charge in [-0.1, -0.05) is 42.5 Å². The lowest BCUT2D eigenvalue weighted by atomic mass is 10.1. The lowest BCUT2D eigenvalue weighted by Gasteiger charge is -2.01. The van der Waals surface area contributed by atoms with Gasteiger partial charge in [-0.3, -0.25) is 0 Å². The van der Waals surface area contributed by atoms with E-state index in [1.807, 2.05) is 30.3 Å². The van der Waals surface area contributed by atoms with Crippen molar-refractivity contribution in [2.75, 3.05) is 0 Å². The molecule has 1 heteroatoms. The molecule has 63 valence electrons. The highest BCUT2D eigenvalue weighted by atomic mass is 19.1. The molecule has 0 aliphatic heterocycles. The first-order valence-corrected chi connectivity index (χ1v) is 4.09. The second kappa shape index (κ2) is 3.40. The molecule has 0 atom stereocenters. The van der Waals surface area contributed by atoms with Crippen LogP contribution in [0.15, 0.2) is 48.5 Å². The molecule has 0 aromatic heterocycles. The van der Waals surface area contributed by atoms with E-state index in [0.29, 0.717) is 5.56 Å². The monoisotopic (exact) mass is 171 g/mol. The van der Waals surface area contributed by atoms with Crippen molar-refractivity contribution in [1.29, 1.82) is 0 Å². The van der Waals surface area contributed by atoms with E-state index >= 15 is 0 Å². The second-order valence-electron chi connectivity index (χ2n) is 2.77. The van der Waals surface area contributed by atoms with Crippen LogP contribution in [-0.2, 0) is 0 Å². The minimum absolute atomic E-state index is 0.228. The summed E-state index contributed by atoms with van der Waals surface area (Å²) in [6, 6.07) is 17.0. The highest BCUT2D eigenvalue weighted by molar-refractivity contribution is 5.63. The van der Waals surface area contributed by atoms with Crippen molar-refractivity contribution in [2.45, 2.75) is 0 Å². The maximum Gasteiger partial charge on any atom is 0.131 e. The van der Waals surface area contributed by atoms with Gasteiger partial charge in [0.15, 0.2) is 0 Å². The Morgan fingerprint density at radius 2 is 1.77 bits per heavy atom. The molecule has 0 fully saturated rings. The zero-order chi connectivity index (χ0) is 9.10. The van der Waals surface area contributed by atoms with Crippen LogP contribution in [0, 0.1) is 11.9 Å². The lowest BCUT2D eigenvalue weighted by Crippen LogP contribution is -1.81. The summed E-state index contributed by atoms with van der Waals surface area (Å²) in [5.41, 5.74) is 1.52. The van der Waals surface area contributed by atoms with Gasteiger partial charge in [0.25, 0.3) is 0 Å². The van der Waals surface area contributed by atoms with Gasteiger partial charge < -0.3 is 0 Å². The molecular formula is C12H8F. The van der Waals surface area contributed by atoms with Crippen molar-refractivity contribution < 1.29 is 4.39 Å². The van der Waals surface area contributed by atoms with Crippen molar-refractivity contribution in [3.63, 3.8) is 0 Å². The molecule has 0 unspecified atom stereocenters. The van der Waals surface area contributed by atoms with Gasteiger partial charge in [-0.05, 0) is 17.7 Å². The van der Waals surface area contributed by atoms with E-state index in [-0.39, 0.29) is 5.82 Å². The van der Waals surface area contributed by atoms with Crippen molar-refractivity contribution in [3.05, 3.63) is 60.4 Å².